The maximum absolute atomic E-state index is 6.39. The quantitative estimate of drug-likeness (QED) is 0.584. The fraction of sp³-hybridized carbons (Fsp3) is 0.450. The Labute approximate surface area is 160 Å². The molecule has 0 fully saturated rings. The maximum atomic E-state index is 6.39. The van der Waals surface area contributed by atoms with Gasteiger partial charge in [0.2, 0.25) is 5.88 Å². The van der Waals surface area contributed by atoms with E-state index in [1.807, 2.05) is 51.1 Å². The van der Waals surface area contributed by atoms with Crippen molar-refractivity contribution in [1.82, 2.24) is 10.3 Å². The number of nitrogens with zero attached hydrogens (tertiary/aromatic N) is 1. The molecule has 0 aliphatic rings. The van der Waals surface area contributed by atoms with Gasteiger partial charge in [-0.2, -0.15) is 0 Å². The van der Waals surface area contributed by atoms with E-state index in [1.54, 1.807) is 6.20 Å². The van der Waals surface area contributed by atoms with Gasteiger partial charge in [-0.3, -0.25) is 0 Å². The van der Waals surface area contributed by atoms with Crippen LogP contribution in [0.15, 0.2) is 36.5 Å². The van der Waals surface area contributed by atoms with Crippen molar-refractivity contribution in [2.45, 2.75) is 39.8 Å². The Balaban J connectivity index is 1.81. The highest BCUT2D eigenvalue weighted by atomic mass is 35.5. The molecular formula is C20H27ClN2O3. The number of halogens is 1. The van der Waals surface area contributed by atoms with Gasteiger partial charge in [0.15, 0.2) is 11.5 Å². The molecule has 0 unspecified atom stereocenters. The van der Waals surface area contributed by atoms with Crippen molar-refractivity contribution in [2.75, 3.05) is 19.8 Å². The molecule has 0 aliphatic heterocycles. The van der Waals surface area contributed by atoms with E-state index >= 15 is 0 Å². The summed E-state index contributed by atoms with van der Waals surface area (Å²) in [5, 5.41) is 3.96. The zero-order valence-electron chi connectivity index (χ0n) is 15.6. The van der Waals surface area contributed by atoms with Gasteiger partial charge in [-0.1, -0.05) is 17.7 Å². The van der Waals surface area contributed by atoms with Gasteiger partial charge >= 0.3 is 0 Å². The van der Waals surface area contributed by atoms with Crippen molar-refractivity contribution >= 4 is 11.6 Å². The van der Waals surface area contributed by atoms with Gasteiger partial charge in [0.05, 0.1) is 24.3 Å². The summed E-state index contributed by atoms with van der Waals surface area (Å²) in [6, 6.07) is 9.52. The van der Waals surface area contributed by atoms with Crippen LogP contribution in [0.1, 0.15) is 32.8 Å². The van der Waals surface area contributed by atoms with E-state index in [1.165, 1.54) is 0 Å². The Morgan fingerprint density at radius 3 is 2.73 bits per heavy atom. The molecule has 26 heavy (non-hydrogen) atoms. The number of pyridine rings is 1. The summed E-state index contributed by atoms with van der Waals surface area (Å²) < 4.78 is 17.0. The lowest BCUT2D eigenvalue weighted by molar-refractivity contribution is 0.224. The molecule has 0 aliphatic carbocycles. The first-order valence-electron chi connectivity index (χ1n) is 8.96. The van der Waals surface area contributed by atoms with Crippen LogP contribution in [0.3, 0.4) is 0 Å². The summed E-state index contributed by atoms with van der Waals surface area (Å²) in [5.74, 6) is 1.95. The van der Waals surface area contributed by atoms with Gasteiger partial charge in [0.1, 0.15) is 0 Å². The molecule has 2 aromatic rings. The molecule has 0 spiro atoms. The zero-order valence-corrected chi connectivity index (χ0v) is 16.4. The minimum atomic E-state index is 0.0368. The molecular weight excluding hydrogens is 352 g/mol. The third kappa shape index (κ3) is 6.73. The second-order valence-electron chi connectivity index (χ2n) is 6.05. The predicted molar refractivity (Wildman–Crippen MR) is 104 cm³/mol. The van der Waals surface area contributed by atoms with Crippen LogP contribution >= 0.6 is 11.6 Å². The molecule has 1 aromatic carbocycles. The zero-order chi connectivity index (χ0) is 18.8. The van der Waals surface area contributed by atoms with Crippen LogP contribution < -0.4 is 19.5 Å². The molecule has 5 nitrogen and oxygen atoms in total. The summed E-state index contributed by atoms with van der Waals surface area (Å²) in [7, 11) is 0. The van der Waals surface area contributed by atoms with Gasteiger partial charge in [-0.15, -0.1) is 0 Å². The molecule has 1 aromatic heterocycles. The van der Waals surface area contributed by atoms with Crippen LogP contribution in [0.5, 0.6) is 17.4 Å². The molecule has 0 saturated carbocycles. The van der Waals surface area contributed by atoms with Crippen LogP contribution in [0.2, 0.25) is 5.02 Å². The average Bonchev–Trinajstić information content (AvgIpc) is 2.62. The second kappa shape index (κ2) is 10.9. The molecule has 2 rings (SSSR count). The summed E-state index contributed by atoms with van der Waals surface area (Å²) in [6.45, 7) is 8.59. The summed E-state index contributed by atoms with van der Waals surface area (Å²) >= 11 is 6.39. The Kier molecular flexibility index (Phi) is 8.51. The minimum absolute atomic E-state index is 0.0368. The van der Waals surface area contributed by atoms with Gasteiger partial charge in [0, 0.05) is 18.8 Å². The van der Waals surface area contributed by atoms with Crippen LogP contribution in [0, 0.1) is 0 Å². The first-order valence-corrected chi connectivity index (χ1v) is 9.34. The maximum Gasteiger partial charge on any atom is 0.213 e. The smallest absolute Gasteiger partial charge is 0.213 e. The average molecular weight is 379 g/mol. The number of nitrogens with one attached hydrogen (secondary N) is 1. The predicted octanol–water partition coefficient (Wildman–Crippen LogP) is 4.48. The van der Waals surface area contributed by atoms with Crippen molar-refractivity contribution < 1.29 is 14.2 Å². The van der Waals surface area contributed by atoms with E-state index in [-0.39, 0.29) is 6.10 Å². The van der Waals surface area contributed by atoms with E-state index in [9.17, 15) is 0 Å². The molecule has 1 N–H and O–H groups in total. The van der Waals surface area contributed by atoms with Crippen LogP contribution in [0.25, 0.3) is 0 Å². The fourth-order valence-electron chi connectivity index (χ4n) is 2.38. The first kappa shape index (κ1) is 20.3. The normalized spacial score (nSPS) is 10.8. The first-order chi connectivity index (χ1) is 12.6. The lowest BCUT2D eigenvalue weighted by Crippen LogP contribution is -2.17. The molecule has 0 radical (unpaired) electrons. The summed E-state index contributed by atoms with van der Waals surface area (Å²) in [5.41, 5.74) is 1.06. The third-order valence-electron chi connectivity index (χ3n) is 3.44. The standard InChI is InChI=1S/C20H27ClN2O3/c1-4-24-18-13-16(12-17(21)20(18)26-15(2)3)14-22-9-7-11-25-19-8-5-6-10-23-19/h5-6,8,10,12-13,15,22H,4,7,9,11,14H2,1-3H3. The third-order valence-corrected chi connectivity index (χ3v) is 3.72. The minimum Gasteiger partial charge on any atom is -0.490 e. The molecule has 1 heterocycles. The molecule has 0 amide bonds. The van der Waals surface area contributed by atoms with Gasteiger partial charge < -0.3 is 19.5 Å². The van der Waals surface area contributed by atoms with Crippen molar-refractivity contribution in [1.29, 1.82) is 0 Å². The van der Waals surface area contributed by atoms with Gasteiger partial charge in [0.25, 0.3) is 0 Å². The molecule has 6 heteroatoms. The lowest BCUT2D eigenvalue weighted by atomic mass is 10.2. The van der Waals surface area contributed by atoms with E-state index in [0.717, 1.165) is 18.5 Å². The van der Waals surface area contributed by atoms with Crippen molar-refractivity contribution in [3.05, 3.63) is 47.1 Å². The number of rotatable bonds is 11. The number of hydrogen-bond donors (Lipinski definition) is 1. The van der Waals surface area contributed by atoms with Gasteiger partial charge in [-0.25, -0.2) is 4.98 Å². The monoisotopic (exact) mass is 378 g/mol. The van der Waals surface area contributed by atoms with Crippen molar-refractivity contribution in [2.24, 2.45) is 0 Å². The van der Waals surface area contributed by atoms with E-state index in [0.29, 0.717) is 42.2 Å². The van der Waals surface area contributed by atoms with E-state index < -0.39 is 0 Å². The van der Waals surface area contributed by atoms with E-state index in [2.05, 4.69) is 10.3 Å². The summed E-state index contributed by atoms with van der Waals surface area (Å²) in [4.78, 5) is 4.13. The highest BCUT2D eigenvalue weighted by Gasteiger charge is 2.13. The van der Waals surface area contributed by atoms with Crippen LogP contribution in [-0.2, 0) is 6.54 Å². The van der Waals surface area contributed by atoms with Crippen molar-refractivity contribution in [3.8, 4) is 17.4 Å². The molecule has 0 saturated heterocycles. The lowest BCUT2D eigenvalue weighted by Gasteiger charge is -2.17. The largest absolute Gasteiger partial charge is 0.490 e. The number of hydrogen-bond acceptors (Lipinski definition) is 5. The highest BCUT2D eigenvalue weighted by Crippen LogP contribution is 2.37. The highest BCUT2D eigenvalue weighted by molar-refractivity contribution is 6.32. The number of aromatic nitrogens is 1. The van der Waals surface area contributed by atoms with Crippen molar-refractivity contribution in [3.63, 3.8) is 0 Å². The number of benzene rings is 1. The molecule has 142 valence electrons. The van der Waals surface area contributed by atoms with E-state index in [4.69, 9.17) is 25.8 Å². The Bertz CT molecular complexity index is 666. The number of ether oxygens (including phenoxy) is 3. The Morgan fingerprint density at radius 1 is 1.19 bits per heavy atom. The Hall–Kier alpha value is -1.98. The fourth-order valence-corrected chi connectivity index (χ4v) is 2.65. The molecule has 0 bridgehead atoms. The van der Waals surface area contributed by atoms with Crippen LogP contribution in [0.4, 0.5) is 0 Å². The molecule has 0 atom stereocenters. The van der Waals surface area contributed by atoms with Crippen LogP contribution in [-0.4, -0.2) is 30.8 Å². The SMILES string of the molecule is CCOc1cc(CNCCCOc2ccccn2)cc(Cl)c1OC(C)C. The second-order valence-corrected chi connectivity index (χ2v) is 6.46. The van der Waals surface area contributed by atoms with Gasteiger partial charge in [-0.05, 0) is 57.5 Å². The topological polar surface area (TPSA) is 52.6 Å². The Morgan fingerprint density at radius 2 is 2.04 bits per heavy atom. The summed E-state index contributed by atoms with van der Waals surface area (Å²) in [6.07, 6.45) is 2.65.